The molecule has 1 heterocycles. The lowest BCUT2D eigenvalue weighted by Crippen LogP contribution is -2.51. The van der Waals surface area contributed by atoms with E-state index in [4.69, 9.17) is 5.73 Å². The predicted octanol–water partition coefficient (Wildman–Crippen LogP) is -0.539. The Hall–Kier alpha value is -1.10. The minimum absolute atomic E-state index is 0.00627. The quantitative estimate of drug-likeness (QED) is 0.605. The van der Waals surface area contributed by atoms with E-state index in [1.807, 2.05) is 20.8 Å². The first-order chi connectivity index (χ1) is 6.79. The minimum atomic E-state index is -0.433. The molecule has 1 saturated heterocycles. The molecule has 5 heteroatoms. The monoisotopic (exact) mass is 213 g/mol. The van der Waals surface area contributed by atoms with Crippen molar-refractivity contribution in [3.8, 4) is 0 Å². The summed E-state index contributed by atoms with van der Waals surface area (Å²) in [7, 11) is 0. The Labute approximate surface area is 90.0 Å². The largest absolute Gasteiger partial charge is 0.354 e. The summed E-state index contributed by atoms with van der Waals surface area (Å²) in [6, 6.07) is 0.00627. The van der Waals surface area contributed by atoms with E-state index in [9.17, 15) is 9.59 Å². The molecule has 0 bridgehead atoms. The van der Waals surface area contributed by atoms with E-state index in [0.29, 0.717) is 13.1 Å². The molecular weight excluding hydrogens is 194 g/mol. The van der Waals surface area contributed by atoms with E-state index in [2.05, 4.69) is 5.32 Å². The van der Waals surface area contributed by atoms with E-state index in [-0.39, 0.29) is 24.3 Å². The number of hydrogen-bond donors (Lipinski definition) is 2. The van der Waals surface area contributed by atoms with Crippen molar-refractivity contribution in [1.82, 2.24) is 10.2 Å². The zero-order chi connectivity index (χ0) is 11.6. The molecule has 0 saturated carbocycles. The van der Waals surface area contributed by atoms with E-state index < -0.39 is 5.54 Å². The fourth-order valence-electron chi connectivity index (χ4n) is 1.60. The summed E-state index contributed by atoms with van der Waals surface area (Å²) in [5.41, 5.74) is 5.44. The Morgan fingerprint density at radius 1 is 1.53 bits per heavy atom. The Balaban J connectivity index is 2.75. The fraction of sp³-hybridized carbons (Fsp3) is 0.800. The number of nitrogens with zero attached hydrogens (tertiary/aromatic N) is 1. The van der Waals surface area contributed by atoms with Gasteiger partial charge in [-0.2, -0.15) is 0 Å². The van der Waals surface area contributed by atoms with Crippen LogP contribution < -0.4 is 11.1 Å². The van der Waals surface area contributed by atoms with Crippen molar-refractivity contribution in [2.75, 3.05) is 13.1 Å². The lowest BCUT2D eigenvalue weighted by atomic mass is 10.1. The third-order valence-electron chi connectivity index (χ3n) is 2.34. The predicted molar refractivity (Wildman–Crippen MR) is 57.1 cm³/mol. The summed E-state index contributed by atoms with van der Waals surface area (Å²) < 4.78 is 0. The highest BCUT2D eigenvalue weighted by Crippen LogP contribution is 2.10. The number of hydrogen-bond acceptors (Lipinski definition) is 3. The van der Waals surface area contributed by atoms with Gasteiger partial charge in [0.15, 0.2) is 0 Å². The zero-order valence-corrected chi connectivity index (χ0v) is 9.54. The first-order valence-corrected chi connectivity index (χ1v) is 5.14. The van der Waals surface area contributed by atoms with Gasteiger partial charge in [-0.15, -0.1) is 0 Å². The summed E-state index contributed by atoms with van der Waals surface area (Å²) in [5.74, 6) is -0.347. The van der Waals surface area contributed by atoms with E-state index in [1.165, 1.54) is 0 Å². The van der Waals surface area contributed by atoms with Gasteiger partial charge in [-0.1, -0.05) is 0 Å². The van der Waals surface area contributed by atoms with Gasteiger partial charge in [0.2, 0.25) is 11.8 Å². The topological polar surface area (TPSA) is 75.4 Å². The molecule has 5 nitrogen and oxygen atoms in total. The van der Waals surface area contributed by atoms with Crippen LogP contribution in [0, 0.1) is 0 Å². The van der Waals surface area contributed by atoms with Crippen LogP contribution in [0.15, 0.2) is 0 Å². The highest BCUT2D eigenvalue weighted by molar-refractivity contribution is 5.97. The van der Waals surface area contributed by atoms with Crippen molar-refractivity contribution >= 4 is 11.8 Å². The molecule has 2 amide bonds. The second-order valence-corrected chi connectivity index (χ2v) is 4.84. The average Bonchev–Trinajstić information content (AvgIpc) is 2.17. The van der Waals surface area contributed by atoms with Crippen LogP contribution in [0.4, 0.5) is 0 Å². The van der Waals surface area contributed by atoms with Gasteiger partial charge in [0, 0.05) is 24.7 Å². The SMILES string of the molecule is CC1CNC(=O)CC(=O)N1CC(C)(C)N. The van der Waals surface area contributed by atoms with E-state index >= 15 is 0 Å². The van der Waals surface area contributed by atoms with Crippen LogP contribution in [0.1, 0.15) is 27.2 Å². The van der Waals surface area contributed by atoms with Crippen LogP contribution in [0.25, 0.3) is 0 Å². The maximum Gasteiger partial charge on any atom is 0.232 e. The molecule has 1 fully saturated rings. The molecule has 1 rings (SSSR count). The van der Waals surface area contributed by atoms with Gasteiger partial charge >= 0.3 is 0 Å². The van der Waals surface area contributed by atoms with Gasteiger partial charge in [0.25, 0.3) is 0 Å². The van der Waals surface area contributed by atoms with Crippen LogP contribution in [-0.4, -0.2) is 41.4 Å². The minimum Gasteiger partial charge on any atom is -0.354 e. The van der Waals surface area contributed by atoms with Gasteiger partial charge in [-0.25, -0.2) is 0 Å². The van der Waals surface area contributed by atoms with Crippen molar-refractivity contribution in [2.24, 2.45) is 5.73 Å². The molecule has 0 spiro atoms. The van der Waals surface area contributed by atoms with Crippen LogP contribution in [0.3, 0.4) is 0 Å². The van der Waals surface area contributed by atoms with Gasteiger partial charge in [0.05, 0.1) is 0 Å². The zero-order valence-electron chi connectivity index (χ0n) is 9.54. The first kappa shape index (κ1) is 12.0. The van der Waals surface area contributed by atoms with Crippen LogP contribution in [0.5, 0.6) is 0 Å². The molecule has 1 unspecified atom stereocenters. The summed E-state index contributed by atoms with van der Waals surface area (Å²) in [5, 5.41) is 2.70. The lowest BCUT2D eigenvalue weighted by molar-refractivity contribution is -0.135. The number of carbonyl (C=O) groups is 2. The molecule has 1 aliphatic heterocycles. The molecule has 15 heavy (non-hydrogen) atoms. The molecule has 0 aromatic carbocycles. The Morgan fingerprint density at radius 2 is 2.13 bits per heavy atom. The molecule has 0 aromatic rings. The molecule has 0 aliphatic carbocycles. The second kappa shape index (κ2) is 4.18. The smallest absolute Gasteiger partial charge is 0.232 e. The average molecular weight is 213 g/mol. The van der Waals surface area contributed by atoms with E-state index in [1.54, 1.807) is 4.90 Å². The standard InChI is InChI=1S/C10H19N3O2/c1-7-5-12-8(14)4-9(15)13(7)6-10(2,3)11/h7H,4-6,11H2,1-3H3,(H,12,14). The highest BCUT2D eigenvalue weighted by atomic mass is 16.2. The van der Waals surface area contributed by atoms with Gasteiger partial charge < -0.3 is 16.0 Å². The summed E-state index contributed by atoms with van der Waals surface area (Å²) in [6.07, 6.45) is -0.0690. The molecule has 0 radical (unpaired) electrons. The van der Waals surface area contributed by atoms with Crippen LogP contribution in [0.2, 0.25) is 0 Å². The number of nitrogens with one attached hydrogen (secondary N) is 1. The van der Waals surface area contributed by atoms with Crippen molar-refractivity contribution in [3.63, 3.8) is 0 Å². The molecule has 1 atom stereocenters. The van der Waals surface area contributed by atoms with Crippen LogP contribution >= 0.6 is 0 Å². The van der Waals surface area contributed by atoms with Crippen molar-refractivity contribution < 1.29 is 9.59 Å². The van der Waals surface area contributed by atoms with Crippen molar-refractivity contribution in [2.45, 2.75) is 38.8 Å². The Bertz CT molecular complexity index is 270. The number of nitrogens with two attached hydrogens (primary N) is 1. The van der Waals surface area contributed by atoms with Gasteiger partial charge in [-0.3, -0.25) is 9.59 Å². The summed E-state index contributed by atoms with van der Waals surface area (Å²) in [6.45, 7) is 6.62. The normalized spacial score (nSPS) is 23.7. The molecule has 0 aromatic heterocycles. The molecule has 3 N–H and O–H groups in total. The Morgan fingerprint density at radius 3 is 2.67 bits per heavy atom. The maximum atomic E-state index is 11.7. The third-order valence-corrected chi connectivity index (χ3v) is 2.34. The molecule has 86 valence electrons. The first-order valence-electron chi connectivity index (χ1n) is 5.14. The van der Waals surface area contributed by atoms with Crippen molar-refractivity contribution in [3.05, 3.63) is 0 Å². The van der Waals surface area contributed by atoms with E-state index in [0.717, 1.165) is 0 Å². The highest BCUT2D eigenvalue weighted by Gasteiger charge is 2.29. The van der Waals surface area contributed by atoms with Gasteiger partial charge in [0.1, 0.15) is 6.42 Å². The summed E-state index contributed by atoms with van der Waals surface area (Å²) >= 11 is 0. The van der Waals surface area contributed by atoms with Crippen molar-refractivity contribution in [1.29, 1.82) is 0 Å². The second-order valence-electron chi connectivity index (χ2n) is 4.84. The molecular formula is C10H19N3O2. The summed E-state index contributed by atoms with van der Waals surface area (Å²) in [4.78, 5) is 24.6. The third kappa shape index (κ3) is 3.51. The molecule has 1 aliphatic rings. The maximum absolute atomic E-state index is 11.7. The fourth-order valence-corrected chi connectivity index (χ4v) is 1.60. The Kier molecular flexibility index (Phi) is 3.34. The number of rotatable bonds is 2. The van der Waals surface area contributed by atoms with Crippen LogP contribution in [-0.2, 0) is 9.59 Å². The number of carbonyl (C=O) groups excluding carboxylic acids is 2. The number of amides is 2. The lowest BCUT2D eigenvalue weighted by Gasteiger charge is -2.32. The van der Waals surface area contributed by atoms with Gasteiger partial charge in [-0.05, 0) is 20.8 Å².